The average molecular weight is 126 g/mol. The second-order valence-corrected chi connectivity index (χ2v) is 2.27. The van der Waals surface area contributed by atoms with Gasteiger partial charge in [0.05, 0.1) is 5.76 Å². The van der Waals surface area contributed by atoms with Crippen LogP contribution in [0.3, 0.4) is 0 Å². The van der Waals surface area contributed by atoms with Gasteiger partial charge < -0.3 is 5.11 Å². The van der Waals surface area contributed by atoms with Gasteiger partial charge in [-0.2, -0.15) is 0 Å². The van der Waals surface area contributed by atoms with E-state index in [1.807, 2.05) is 13.8 Å². The number of hydrogen-bond donors (Lipinski definition) is 1. The number of hydrogen-bond acceptors (Lipinski definition) is 1. The quantitative estimate of drug-likeness (QED) is 0.455. The monoisotopic (exact) mass is 126 g/mol. The van der Waals surface area contributed by atoms with Crippen molar-refractivity contribution in [3.05, 3.63) is 24.0 Å². The summed E-state index contributed by atoms with van der Waals surface area (Å²) in [5, 5.41) is 9.09. The van der Waals surface area contributed by atoms with Gasteiger partial charge in [0.15, 0.2) is 0 Å². The highest BCUT2D eigenvalue weighted by Gasteiger charge is 1.91. The van der Waals surface area contributed by atoms with Crippen LogP contribution in [-0.2, 0) is 0 Å². The van der Waals surface area contributed by atoms with Crippen LogP contribution in [0.4, 0.5) is 0 Å². The molecule has 52 valence electrons. The van der Waals surface area contributed by atoms with E-state index in [1.165, 1.54) is 0 Å². The minimum Gasteiger partial charge on any atom is -0.512 e. The normalized spacial score (nSPS) is 8.67. The number of rotatable bonds is 3. The summed E-state index contributed by atoms with van der Waals surface area (Å²) in [6.45, 7) is 7.36. The van der Waals surface area contributed by atoms with Crippen LogP contribution >= 0.6 is 0 Å². The Balaban J connectivity index is 3.62. The predicted molar refractivity (Wildman–Crippen MR) is 40.4 cm³/mol. The first kappa shape index (κ1) is 8.28. The van der Waals surface area contributed by atoms with E-state index in [0.717, 1.165) is 18.4 Å². The highest BCUT2D eigenvalue weighted by atomic mass is 16.3. The fourth-order valence-electron chi connectivity index (χ4n) is 0.489. The maximum atomic E-state index is 9.09. The SMILES string of the molecule is C=CCCC(O)=C(C)C. The summed E-state index contributed by atoms with van der Waals surface area (Å²) in [6, 6.07) is 0. The van der Waals surface area contributed by atoms with Crippen molar-refractivity contribution in [3.8, 4) is 0 Å². The molecule has 0 rings (SSSR count). The molecule has 0 fully saturated rings. The van der Waals surface area contributed by atoms with Gasteiger partial charge in [-0.3, -0.25) is 0 Å². The molecule has 0 unspecified atom stereocenters. The minimum atomic E-state index is 0.495. The van der Waals surface area contributed by atoms with Crippen molar-refractivity contribution < 1.29 is 5.11 Å². The van der Waals surface area contributed by atoms with Gasteiger partial charge in [-0.25, -0.2) is 0 Å². The third-order valence-corrected chi connectivity index (χ3v) is 1.16. The van der Waals surface area contributed by atoms with Crippen molar-refractivity contribution in [2.45, 2.75) is 26.7 Å². The lowest BCUT2D eigenvalue weighted by Gasteiger charge is -1.97. The Bertz CT molecular complexity index is 119. The second kappa shape index (κ2) is 4.19. The third-order valence-electron chi connectivity index (χ3n) is 1.16. The number of allylic oxidation sites excluding steroid dienone is 3. The molecule has 0 heterocycles. The van der Waals surface area contributed by atoms with Crippen molar-refractivity contribution in [1.29, 1.82) is 0 Å². The molecule has 0 aromatic heterocycles. The molecule has 0 aliphatic heterocycles. The third kappa shape index (κ3) is 3.83. The Kier molecular flexibility index (Phi) is 3.85. The summed E-state index contributed by atoms with van der Waals surface area (Å²) in [7, 11) is 0. The van der Waals surface area contributed by atoms with E-state index in [0.29, 0.717) is 5.76 Å². The number of aliphatic hydroxyl groups excluding tert-OH is 1. The largest absolute Gasteiger partial charge is 0.512 e. The second-order valence-electron chi connectivity index (χ2n) is 2.27. The standard InChI is InChI=1S/C8H14O/c1-4-5-6-8(9)7(2)3/h4,9H,1,5-6H2,2-3H3. The smallest absolute Gasteiger partial charge is 0.0912 e. The van der Waals surface area contributed by atoms with E-state index in [9.17, 15) is 0 Å². The molecule has 0 spiro atoms. The lowest BCUT2D eigenvalue weighted by atomic mass is 10.2. The molecule has 0 aliphatic rings. The van der Waals surface area contributed by atoms with Crippen LogP contribution in [0.25, 0.3) is 0 Å². The summed E-state index contributed by atoms with van der Waals surface area (Å²) >= 11 is 0. The molecule has 0 saturated heterocycles. The van der Waals surface area contributed by atoms with Crippen LogP contribution in [0.2, 0.25) is 0 Å². The van der Waals surface area contributed by atoms with Crippen molar-refractivity contribution in [3.63, 3.8) is 0 Å². The Morgan fingerprint density at radius 1 is 1.56 bits per heavy atom. The zero-order chi connectivity index (χ0) is 7.28. The fourth-order valence-corrected chi connectivity index (χ4v) is 0.489. The van der Waals surface area contributed by atoms with Gasteiger partial charge in [0.1, 0.15) is 0 Å². The van der Waals surface area contributed by atoms with Crippen LogP contribution in [0.1, 0.15) is 26.7 Å². The molecule has 0 aromatic carbocycles. The van der Waals surface area contributed by atoms with E-state index < -0.39 is 0 Å². The van der Waals surface area contributed by atoms with Gasteiger partial charge in [-0.15, -0.1) is 6.58 Å². The van der Waals surface area contributed by atoms with Gasteiger partial charge >= 0.3 is 0 Å². The van der Waals surface area contributed by atoms with Crippen LogP contribution in [0.15, 0.2) is 24.0 Å². The fraction of sp³-hybridized carbons (Fsp3) is 0.500. The van der Waals surface area contributed by atoms with Crippen LogP contribution < -0.4 is 0 Å². The lowest BCUT2D eigenvalue weighted by molar-refractivity contribution is 0.382. The average Bonchev–Trinajstić information content (AvgIpc) is 1.82. The number of aliphatic hydroxyl groups is 1. The van der Waals surface area contributed by atoms with Gasteiger partial charge in [-0.05, 0) is 25.8 Å². The lowest BCUT2D eigenvalue weighted by Crippen LogP contribution is -1.82. The Hall–Kier alpha value is -0.720. The minimum absolute atomic E-state index is 0.495. The van der Waals surface area contributed by atoms with Crippen molar-refractivity contribution in [2.75, 3.05) is 0 Å². The topological polar surface area (TPSA) is 20.2 Å². The first-order chi connectivity index (χ1) is 4.18. The molecular weight excluding hydrogens is 112 g/mol. The molecule has 0 aliphatic carbocycles. The van der Waals surface area contributed by atoms with E-state index in [2.05, 4.69) is 6.58 Å². The van der Waals surface area contributed by atoms with Gasteiger partial charge in [-0.1, -0.05) is 6.08 Å². The van der Waals surface area contributed by atoms with Gasteiger partial charge in [0.25, 0.3) is 0 Å². The van der Waals surface area contributed by atoms with Crippen molar-refractivity contribution in [2.24, 2.45) is 0 Å². The molecule has 0 radical (unpaired) electrons. The highest BCUT2D eigenvalue weighted by Crippen LogP contribution is 2.06. The maximum absolute atomic E-state index is 9.09. The van der Waals surface area contributed by atoms with E-state index >= 15 is 0 Å². The molecule has 0 bridgehead atoms. The van der Waals surface area contributed by atoms with E-state index in [1.54, 1.807) is 6.08 Å². The highest BCUT2D eigenvalue weighted by molar-refractivity contribution is 5.01. The molecule has 0 aromatic rings. The molecule has 0 saturated carbocycles. The molecule has 0 amide bonds. The Morgan fingerprint density at radius 2 is 2.11 bits per heavy atom. The molecular formula is C8H14O. The maximum Gasteiger partial charge on any atom is 0.0912 e. The van der Waals surface area contributed by atoms with E-state index in [4.69, 9.17) is 5.11 Å². The summed E-state index contributed by atoms with van der Waals surface area (Å²) in [4.78, 5) is 0. The molecule has 1 nitrogen and oxygen atoms in total. The first-order valence-electron chi connectivity index (χ1n) is 3.14. The Morgan fingerprint density at radius 3 is 2.44 bits per heavy atom. The molecule has 1 heteroatoms. The van der Waals surface area contributed by atoms with Crippen molar-refractivity contribution in [1.82, 2.24) is 0 Å². The van der Waals surface area contributed by atoms with E-state index in [-0.39, 0.29) is 0 Å². The van der Waals surface area contributed by atoms with Crippen LogP contribution in [0.5, 0.6) is 0 Å². The molecule has 9 heavy (non-hydrogen) atoms. The van der Waals surface area contributed by atoms with Gasteiger partial charge in [0.2, 0.25) is 0 Å². The summed E-state index contributed by atoms with van der Waals surface area (Å²) < 4.78 is 0. The van der Waals surface area contributed by atoms with Crippen LogP contribution in [0, 0.1) is 0 Å². The summed E-state index contributed by atoms with van der Waals surface area (Å²) in [5.41, 5.74) is 0.997. The zero-order valence-corrected chi connectivity index (χ0v) is 6.15. The van der Waals surface area contributed by atoms with Gasteiger partial charge in [0, 0.05) is 6.42 Å². The summed E-state index contributed by atoms with van der Waals surface area (Å²) in [5.74, 6) is 0.495. The molecule has 0 atom stereocenters. The zero-order valence-electron chi connectivity index (χ0n) is 6.15. The predicted octanol–water partition coefficient (Wildman–Crippen LogP) is 2.80. The molecule has 1 N–H and O–H groups in total. The van der Waals surface area contributed by atoms with Crippen LogP contribution in [-0.4, -0.2) is 5.11 Å². The van der Waals surface area contributed by atoms with Crippen molar-refractivity contribution >= 4 is 0 Å². The summed E-state index contributed by atoms with van der Waals surface area (Å²) in [6.07, 6.45) is 3.39. The Labute approximate surface area is 56.7 Å². The first-order valence-corrected chi connectivity index (χ1v) is 3.14.